The van der Waals surface area contributed by atoms with Gasteiger partial charge in [-0.25, -0.2) is 0 Å². The quantitative estimate of drug-likeness (QED) is 0.456. The molecule has 0 unspecified atom stereocenters. The molecule has 0 bridgehead atoms. The molecule has 0 fully saturated rings. The zero-order valence-corrected chi connectivity index (χ0v) is 9.60. The smallest absolute Gasteiger partial charge is 0.107 e. The SMILES string of the molecule is C[Se]C.I.I. The Labute approximate surface area is 73.7 Å². The van der Waals surface area contributed by atoms with Gasteiger partial charge in [0, 0.05) is 0 Å². The minimum atomic E-state index is 0. The summed E-state index contributed by atoms with van der Waals surface area (Å²) in [5.41, 5.74) is 0. The van der Waals surface area contributed by atoms with Gasteiger partial charge in [0.2, 0.25) is 0 Å². The predicted octanol–water partition coefficient (Wildman–Crippen LogP) is 2.02. The Kier molecular flexibility index (Phi) is 52.6. The second kappa shape index (κ2) is 16.7. The molecule has 0 aliphatic carbocycles. The van der Waals surface area contributed by atoms with Crippen LogP contribution in [0.3, 0.4) is 0 Å². The molecule has 3 heteroatoms. The standard InChI is InChI=1S/C2H6Se.2HI/c1-3-2;;/h1-2H3;2*1H. The van der Waals surface area contributed by atoms with Crippen LogP contribution in [0.2, 0.25) is 11.6 Å². The van der Waals surface area contributed by atoms with E-state index in [-0.39, 0.29) is 48.0 Å². The van der Waals surface area contributed by atoms with Gasteiger partial charge in [0.15, 0.2) is 0 Å². The third-order valence-electron chi connectivity index (χ3n) is 0. The number of hydrogen-bond donors (Lipinski definition) is 0. The molecule has 0 aromatic carbocycles. The van der Waals surface area contributed by atoms with Gasteiger partial charge in [0.05, 0.1) is 0 Å². The average molecular weight is 365 g/mol. The molecule has 0 atom stereocenters. The van der Waals surface area contributed by atoms with Crippen molar-refractivity contribution in [2.75, 3.05) is 0 Å². The van der Waals surface area contributed by atoms with Crippen LogP contribution in [0.1, 0.15) is 0 Å². The van der Waals surface area contributed by atoms with Gasteiger partial charge in [-0.3, -0.25) is 0 Å². The second-order valence-corrected chi connectivity index (χ2v) is 2.12. The van der Waals surface area contributed by atoms with Gasteiger partial charge in [0.25, 0.3) is 0 Å². The Balaban J connectivity index is -0.0000000200. The minimum absolute atomic E-state index is 0. The monoisotopic (exact) mass is 366 g/mol. The molecule has 0 radical (unpaired) electrons. The van der Waals surface area contributed by atoms with Crippen molar-refractivity contribution in [3.05, 3.63) is 0 Å². The molecular weight excluding hydrogens is 357 g/mol. The first-order valence-corrected chi connectivity index (χ1v) is 4.24. The molecule has 36 valence electrons. The van der Waals surface area contributed by atoms with Crippen LogP contribution >= 0.6 is 48.0 Å². The topological polar surface area (TPSA) is 0 Å². The molecule has 0 aliphatic rings. The Morgan fingerprint density at radius 1 is 1.00 bits per heavy atom. The van der Waals surface area contributed by atoms with Gasteiger partial charge < -0.3 is 0 Å². The van der Waals surface area contributed by atoms with E-state index in [0.29, 0.717) is 0 Å². The van der Waals surface area contributed by atoms with Crippen LogP contribution in [0.4, 0.5) is 0 Å². The molecule has 0 spiro atoms. The van der Waals surface area contributed by atoms with Crippen LogP contribution in [0.5, 0.6) is 0 Å². The summed E-state index contributed by atoms with van der Waals surface area (Å²) >= 11 is 0.875. The molecule has 5 heavy (non-hydrogen) atoms. The maximum absolute atomic E-state index is 2.19. The van der Waals surface area contributed by atoms with Gasteiger partial charge >= 0.3 is 26.6 Å². The molecule has 0 aliphatic heterocycles. The van der Waals surface area contributed by atoms with Crippen molar-refractivity contribution in [3.63, 3.8) is 0 Å². The Morgan fingerprint density at radius 2 is 1.00 bits per heavy atom. The summed E-state index contributed by atoms with van der Waals surface area (Å²) in [5, 5.41) is 0. The van der Waals surface area contributed by atoms with E-state index < -0.39 is 0 Å². The third kappa shape index (κ3) is 24.2. The summed E-state index contributed by atoms with van der Waals surface area (Å²) in [7, 11) is 0. The van der Waals surface area contributed by atoms with Crippen LogP contribution in [-0.4, -0.2) is 15.0 Å². The normalized spacial score (nSPS) is 3.60. The molecule has 0 aromatic rings. The first-order valence-electron chi connectivity index (χ1n) is 0.816. The van der Waals surface area contributed by atoms with Crippen molar-refractivity contribution in [1.82, 2.24) is 0 Å². The summed E-state index contributed by atoms with van der Waals surface area (Å²) in [6.45, 7) is 0. The van der Waals surface area contributed by atoms with Gasteiger partial charge in [-0.15, -0.1) is 48.0 Å². The third-order valence-corrected chi connectivity index (χ3v) is 0. The summed E-state index contributed by atoms with van der Waals surface area (Å²) in [6.07, 6.45) is 0. The molecule has 0 heterocycles. The molecule has 0 rings (SSSR count). The zero-order valence-electron chi connectivity index (χ0n) is 3.22. The fourth-order valence-electron chi connectivity index (χ4n) is 0. The van der Waals surface area contributed by atoms with Crippen molar-refractivity contribution in [2.24, 2.45) is 0 Å². The van der Waals surface area contributed by atoms with E-state index in [1.807, 2.05) is 0 Å². The van der Waals surface area contributed by atoms with Crippen LogP contribution in [0.15, 0.2) is 0 Å². The van der Waals surface area contributed by atoms with Crippen molar-refractivity contribution in [2.45, 2.75) is 11.6 Å². The van der Waals surface area contributed by atoms with E-state index in [9.17, 15) is 0 Å². The maximum Gasteiger partial charge on any atom is -0.107 e. The van der Waals surface area contributed by atoms with E-state index in [1.54, 1.807) is 0 Å². The largest absolute Gasteiger partial charge is 0.107 e. The molecule has 0 aromatic heterocycles. The van der Waals surface area contributed by atoms with Crippen molar-refractivity contribution >= 4 is 62.9 Å². The second-order valence-electron chi connectivity index (χ2n) is 0.408. The molecule has 0 amide bonds. The van der Waals surface area contributed by atoms with Crippen LogP contribution in [0.25, 0.3) is 0 Å². The molecule has 0 saturated heterocycles. The summed E-state index contributed by atoms with van der Waals surface area (Å²) in [4.78, 5) is 0. The molecular formula is C2H8I2Se. The fourth-order valence-corrected chi connectivity index (χ4v) is 0. The van der Waals surface area contributed by atoms with Crippen molar-refractivity contribution < 1.29 is 0 Å². The Bertz CT molecular complexity index is 7.61. The van der Waals surface area contributed by atoms with Crippen LogP contribution in [-0.2, 0) is 0 Å². The summed E-state index contributed by atoms with van der Waals surface area (Å²) < 4.78 is 0. The van der Waals surface area contributed by atoms with Gasteiger partial charge in [-0.05, 0) is 0 Å². The number of hydrogen-bond acceptors (Lipinski definition) is 0. The van der Waals surface area contributed by atoms with E-state index in [0.717, 1.165) is 15.0 Å². The van der Waals surface area contributed by atoms with Crippen molar-refractivity contribution in [3.8, 4) is 0 Å². The van der Waals surface area contributed by atoms with E-state index >= 15 is 0 Å². The number of halogens is 2. The van der Waals surface area contributed by atoms with E-state index in [1.165, 1.54) is 0 Å². The van der Waals surface area contributed by atoms with E-state index in [2.05, 4.69) is 11.6 Å². The van der Waals surface area contributed by atoms with Crippen molar-refractivity contribution in [1.29, 1.82) is 0 Å². The summed E-state index contributed by atoms with van der Waals surface area (Å²) in [6, 6.07) is 0. The Hall–Kier alpha value is 1.98. The van der Waals surface area contributed by atoms with Gasteiger partial charge in [-0.1, -0.05) is 0 Å². The first kappa shape index (κ1) is 15.8. The van der Waals surface area contributed by atoms with Crippen LogP contribution < -0.4 is 0 Å². The van der Waals surface area contributed by atoms with Gasteiger partial charge in [0.1, 0.15) is 0 Å². The van der Waals surface area contributed by atoms with E-state index in [4.69, 9.17) is 0 Å². The number of rotatable bonds is 0. The zero-order chi connectivity index (χ0) is 2.71. The van der Waals surface area contributed by atoms with Crippen LogP contribution in [0, 0.1) is 0 Å². The molecule has 0 saturated carbocycles. The minimum Gasteiger partial charge on any atom is -0.107 e. The Morgan fingerprint density at radius 3 is 1.00 bits per heavy atom. The predicted molar refractivity (Wildman–Crippen MR) is 48.3 cm³/mol. The van der Waals surface area contributed by atoms with Gasteiger partial charge in [-0.2, -0.15) is 0 Å². The average Bonchev–Trinajstić information content (AvgIpc) is 0.918. The fraction of sp³-hybridized carbons (Fsp3) is 1.00. The first-order chi connectivity index (χ1) is 1.41. The maximum atomic E-state index is 2.19. The summed E-state index contributed by atoms with van der Waals surface area (Å²) in [5.74, 6) is 4.38. The molecule has 0 N–H and O–H groups in total. The molecule has 0 nitrogen and oxygen atoms in total.